The first kappa shape index (κ1) is 20.6. The van der Waals surface area contributed by atoms with E-state index in [1.54, 1.807) is 11.8 Å². The Balaban J connectivity index is 1.44. The molecule has 0 aliphatic carbocycles. The summed E-state index contributed by atoms with van der Waals surface area (Å²) in [5.74, 6) is -0.168. The molecule has 30 heavy (non-hydrogen) atoms. The van der Waals surface area contributed by atoms with Crippen LogP contribution in [-0.2, 0) is 10.0 Å². The van der Waals surface area contributed by atoms with Gasteiger partial charge in [0.05, 0.1) is 4.90 Å². The zero-order chi connectivity index (χ0) is 21.1. The molecule has 1 aliphatic rings. The summed E-state index contributed by atoms with van der Waals surface area (Å²) in [6, 6.07) is 13.4. The Bertz CT molecular complexity index is 1140. The molecule has 0 bridgehead atoms. The summed E-state index contributed by atoms with van der Waals surface area (Å²) in [6.45, 7) is 1.06. The fourth-order valence-electron chi connectivity index (χ4n) is 3.15. The van der Waals surface area contributed by atoms with E-state index < -0.39 is 15.9 Å². The summed E-state index contributed by atoms with van der Waals surface area (Å²) in [6.07, 6.45) is 3.73. The lowest BCUT2D eigenvalue weighted by atomic mass is 10.2. The minimum absolute atomic E-state index is 0.0299. The van der Waals surface area contributed by atoms with Gasteiger partial charge >= 0.3 is 6.01 Å². The van der Waals surface area contributed by atoms with Gasteiger partial charge in [0.15, 0.2) is 0 Å². The van der Waals surface area contributed by atoms with Crippen molar-refractivity contribution in [3.8, 4) is 11.5 Å². The van der Waals surface area contributed by atoms with Crippen LogP contribution in [0.2, 0.25) is 0 Å². The number of sulfonamides is 1. The quantitative estimate of drug-likeness (QED) is 0.580. The molecule has 0 atom stereocenters. The van der Waals surface area contributed by atoms with Crippen molar-refractivity contribution in [3.05, 3.63) is 54.1 Å². The van der Waals surface area contributed by atoms with Crippen molar-refractivity contribution in [1.82, 2.24) is 14.5 Å². The van der Waals surface area contributed by atoms with E-state index in [1.165, 1.54) is 28.6 Å². The van der Waals surface area contributed by atoms with E-state index >= 15 is 0 Å². The number of aromatic nitrogens is 2. The van der Waals surface area contributed by atoms with Crippen LogP contribution in [0, 0.1) is 0 Å². The van der Waals surface area contributed by atoms with Crippen molar-refractivity contribution in [3.63, 3.8) is 0 Å². The number of nitrogens with zero attached hydrogens (tertiary/aromatic N) is 3. The molecular weight excluding hydrogens is 424 g/mol. The minimum atomic E-state index is -3.51. The number of rotatable bonds is 6. The fourth-order valence-corrected chi connectivity index (χ4v) is 5.07. The number of benzene rings is 2. The second kappa shape index (κ2) is 8.58. The number of nitrogens with one attached hydrogen (secondary N) is 1. The lowest BCUT2D eigenvalue weighted by Gasteiger charge is -2.15. The maximum absolute atomic E-state index is 12.6. The van der Waals surface area contributed by atoms with Crippen LogP contribution in [0.25, 0.3) is 11.5 Å². The van der Waals surface area contributed by atoms with Crippen LogP contribution in [0.1, 0.15) is 23.2 Å². The highest BCUT2D eigenvalue weighted by molar-refractivity contribution is 7.98. The lowest BCUT2D eigenvalue weighted by Crippen LogP contribution is -2.27. The first-order valence-electron chi connectivity index (χ1n) is 9.37. The zero-order valence-electron chi connectivity index (χ0n) is 16.2. The maximum Gasteiger partial charge on any atom is 0.322 e. The van der Waals surface area contributed by atoms with E-state index in [2.05, 4.69) is 15.5 Å². The molecule has 2 aromatic carbocycles. The lowest BCUT2D eigenvalue weighted by molar-refractivity contribution is 0.102. The van der Waals surface area contributed by atoms with Crippen molar-refractivity contribution < 1.29 is 17.6 Å². The third-order valence-electron chi connectivity index (χ3n) is 4.80. The van der Waals surface area contributed by atoms with E-state index in [0.29, 0.717) is 24.5 Å². The smallest absolute Gasteiger partial charge is 0.322 e. The minimum Gasteiger partial charge on any atom is -0.403 e. The first-order chi connectivity index (χ1) is 14.5. The number of hydrogen-bond donors (Lipinski definition) is 1. The summed E-state index contributed by atoms with van der Waals surface area (Å²) in [4.78, 5) is 13.7. The Morgan fingerprint density at radius 1 is 1.03 bits per heavy atom. The average Bonchev–Trinajstić information content (AvgIpc) is 3.47. The predicted molar refractivity (Wildman–Crippen MR) is 114 cm³/mol. The largest absolute Gasteiger partial charge is 0.403 e. The summed E-state index contributed by atoms with van der Waals surface area (Å²) in [5, 5.41) is 10.4. The van der Waals surface area contributed by atoms with E-state index in [4.69, 9.17) is 4.42 Å². The number of carbonyl (C=O) groups is 1. The highest BCUT2D eigenvalue weighted by atomic mass is 32.2. The molecule has 156 valence electrons. The van der Waals surface area contributed by atoms with E-state index in [-0.39, 0.29) is 10.9 Å². The second-order valence-electron chi connectivity index (χ2n) is 6.73. The molecule has 1 fully saturated rings. The number of anilines is 1. The van der Waals surface area contributed by atoms with Gasteiger partial charge in [0.25, 0.3) is 5.91 Å². The molecule has 2 heterocycles. The molecule has 1 saturated heterocycles. The summed E-state index contributed by atoms with van der Waals surface area (Å²) in [7, 11) is -3.51. The van der Waals surface area contributed by atoms with Gasteiger partial charge in [-0.1, -0.05) is 5.10 Å². The van der Waals surface area contributed by atoms with Crippen LogP contribution in [-0.4, -0.2) is 48.2 Å². The van der Waals surface area contributed by atoms with Gasteiger partial charge < -0.3 is 4.42 Å². The Morgan fingerprint density at radius 3 is 2.33 bits per heavy atom. The summed E-state index contributed by atoms with van der Waals surface area (Å²) in [5.41, 5.74) is 1.04. The molecule has 3 aromatic rings. The van der Waals surface area contributed by atoms with E-state index in [9.17, 15) is 13.2 Å². The number of hydrogen-bond acceptors (Lipinski definition) is 7. The van der Waals surface area contributed by atoms with Gasteiger partial charge in [0.1, 0.15) is 0 Å². The predicted octanol–water partition coefficient (Wildman–Crippen LogP) is 3.50. The molecular formula is C20H20N4O4S2. The molecule has 0 unspecified atom stereocenters. The number of carbonyl (C=O) groups excluding carboxylic acids is 1. The maximum atomic E-state index is 12.6. The first-order valence-corrected chi connectivity index (χ1v) is 12.0. The molecule has 1 N–H and O–H groups in total. The zero-order valence-corrected chi connectivity index (χ0v) is 17.9. The summed E-state index contributed by atoms with van der Waals surface area (Å²) >= 11 is 1.63. The van der Waals surface area contributed by atoms with Gasteiger partial charge in [0, 0.05) is 29.1 Å². The molecule has 4 rings (SSSR count). The molecule has 10 heteroatoms. The average molecular weight is 445 g/mol. The van der Waals surface area contributed by atoms with Crippen LogP contribution < -0.4 is 5.32 Å². The third kappa shape index (κ3) is 4.25. The van der Waals surface area contributed by atoms with Gasteiger partial charge in [-0.05, 0) is 67.6 Å². The van der Waals surface area contributed by atoms with Gasteiger partial charge in [-0.25, -0.2) is 8.42 Å². The molecule has 1 aromatic heterocycles. The highest BCUT2D eigenvalue weighted by Crippen LogP contribution is 2.24. The van der Waals surface area contributed by atoms with Gasteiger partial charge in [0.2, 0.25) is 15.9 Å². The van der Waals surface area contributed by atoms with Gasteiger partial charge in [-0.2, -0.15) is 4.31 Å². The standard InChI is InChI=1S/C20H20N4O4S2/c1-29-16-8-4-15(5-9-16)19-22-23-20(28-19)21-18(25)14-6-10-17(11-7-14)30(26,27)24-12-2-3-13-24/h4-11H,2-3,12-13H2,1H3,(H,21,23,25). The van der Waals surface area contributed by atoms with E-state index in [1.807, 2.05) is 30.5 Å². The van der Waals surface area contributed by atoms with Crippen molar-refractivity contribution in [1.29, 1.82) is 0 Å². The van der Waals surface area contributed by atoms with Gasteiger partial charge in [-0.3, -0.25) is 10.1 Å². The molecule has 1 aliphatic heterocycles. The number of thioether (sulfide) groups is 1. The Kier molecular flexibility index (Phi) is 5.89. The van der Waals surface area contributed by atoms with Crippen molar-refractivity contribution in [2.45, 2.75) is 22.6 Å². The SMILES string of the molecule is CSc1ccc(-c2nnc(NC(=O)c3ccc(S(=O)(=O)N4CCCC4)cc3)o2)cc1. The normalized spacial score (nSPS) is 14.7. The molecule has 8 nitrogen and oxygen atoms in total. The topological polar surface area (TPSA) is 105 Å². The van der Waals surface area contributed by atoms with Gasteiger partial charge in [-0.15, -0.1) is 16.9 Å². The Labute approximate surface area is 178 Å². The Hall–Kier alpha value is -2.69. The molecule has 0 spiro atoms. The monoisotopic (exact) mass is 444 g/mol. The van der Waals surface area contributed by atoms with Crippen LogP contribution in [0.5, 0.6) is 0 Å². The molecule has 0 radical (unpaired) electrons. The van der Waals surface area contributed by atoms with E-state index in [0.717, 1.165) is 23.3 Å². The Morgan fingerprint density at radius 2 is 1.70 bits per heavy atom. The van der Waals surface area contributed by atoms with Crippen molar-refractivity contribution in [2.75, 3.05) is 24.7 Å². The second-order valence-corrected chi connectivity index (χ2v) is 9.55. The molecule has 0 saturated carbocycles. The van der Waals surface area contributed by atoms with Crippen molar-refractivity contribution in [2.24, 2.45) is 0 Å². The van der Waals surface area contributed by atoms with Crippen molar-refractivity contribution >= 4 is 33.7 Å². The third-order valence-corrected chi connectivity index (χ3v) is 7.46. The highest BCUT2D eigenvalue weighted by Gasteiger charge is 2.27. The van der Waals surface area contributed by atoms with Crippen LogP contribution in [0.3, 0.4) is 0 Å². The van der Waals surface area contributed by atoms with Crippen LogP contribution >= 0.6 is 11.8 Å². The number of amides is 1. The fraction of sp³-hybridized carbons (Fsp3) is 0.250. The molecule has 1 amide bonds. The summed E-state index contributed by atoms with van der Waals surface area (Å²) < 4.78 is 32.1. The van der Waals surface area contributed by atoms with Crippen LogP contribution in [0.4, 0.5) is 6.01 Å². The van der Waals surface area contributed by atoms with Crippen LogP contribution in [0.15, 0.2) is 62.7 Å².